The second kappa shape index (κ2) is 6.05. The van der Waals surface area contributed by atoms with E-state index in [4.69, 9.17) is 9.31 Å². The third-order valence-corrected chi connectivity index (χ3v) is 4.63. The average molecular weight is 359 g/mol. The zero-order chi connectivity index (χ0) is 19.3. The van der Waals surface area contributed by atoms with Crippen LogP contribution in [0.1, 0.15) is 34.6 Å². The number of nitrogens with zero attached hydrogens (tertiary/aromatic N) is 2. The van der Waals surface area contributed by atoms with E-state index in [9.17, 15) is 13.2 Å². The second-order valence-electron chi connectivity index (χ2n) is 7.74. The molecule has 0 aromatic rings. The van der Waals surface area contributed by atoms with Crippen LogP contribution in [0.15, 0.2) is 28.3 Å². The third kappa shape index (κ3) is 4.03. The van der Waals surface area contributed by atoms with Crippen LogP contribution < -0.4 is 5.32 Å². The molecule has 0 radical (unpaired) electrons. The van der Waals surface area contributed by atoms with Gasteiger partial charge in [-0.05, 0) is 46.9 Å². The summed E-state index contributed by atoms with van der Waals surface area (Å²) in [4.78, 5) is 5.84. The molecule has 2 aliphatic heterocycles. The molecule has 2 rings (SSSR count). The predicted octanol–water partition coefficient (Wildman–Crippen LogP) is 2.90. The first-order valence-electron chi connectivity index (χ1n) is 8.02. The van der Waals surface area contributed by atoms with Gasteiger partial charge < -0.3 is 19.5 Å². The number of nitrogens with one attached hydrogen (secondary N) is 1. The Morgan fingerprint density at radius 2 is 1.64 bits per heavy atom. The molecule has 1 N–H and O–H groups in total. The maximum absolute atomic E-state index is 13.7. The normalized spacial score (nSPS) is 28.6. The van der Waals surface area contributed by atoms with E-state index in [0.717, 1.165) is 6.08 Å². The van der Waals surface area contributed by atoms with Crippen molar-refractivity contribution in [2.45, 2.75) is 57.7 Å². The molecular formula is C16H25BF3N3O2. The summed E-state index contributed by atoms with van der Waals surface area (Å²) in [6.07, 6.45) is -0.733. The fraction of sp³-hybridized carbons (Fsp3) is 0.688. The molecule has 0 saturated carbocycles. The molecule has 5 nitrogen and oxygen atoms in total. The summed E-state index contributed by atoms with van der Waals surface area (Å²) in [7, 11) is 2.39. The maximum Gasteiger partial charge on any atom is 0.496 e. The third-order valence-electron chi connectivity index (χ3n) is 4.63. The highest BCUT2D eigenvalue weighted by molar-refractivity contribution is 6.56. The molecule has 2 heterocycles. The molecule has 9 heteroatoms. The molecule has 0 spiro atoms. The van der Waals surface area contributed by atoms with Gasteiger partial charge in [-0.3, -0.25) is 0 Å². The average Bonchev–Trinajstić information content (AvgIpc) is 2.64. The van der Waals surface area contributed by atoms with Gasteiger partial charge in [0.2, 0.25) is 0 Å². The van der Waals surface area contributed by atoms with Gasteiger partial charge in [0, 0.05) is 19.6 Å². The smallest absolute Gasteiger partial charge is 0.399 e. The van der Waals surface area contributed by atoms with Crippen LogP contribution >= 0.6 is 0 Å². The highest BCUT2D eigenvalue weighted by Gasteiger charge is 2.56. The lowest BCUT2D eigenvalue weighted by Gasteiger charge is -2.32. The molecule has 2 aliphatic rings. The first-order chi connectivity index (χ1) is 11.2. The first kappa shape index (κ1) is 19.8. The van der Waals surface area contributed by atoms with Crippen molar-refractivity contribution in [2.24, 2.45) is 4.99 Å². The molecule has 1 atom stereocenters. The molecule has 25 heavy (non-hydrogen) atoms. The minimum atomic E-state index is -4.55. The second-order valence-corrected chi connectivity index (χ2v) is 7.74. The topological polar surface area (TPSA) is 46.1 Å². The summed E-state index contributed by atoms with van der Waals surface area (Å²) in [6, 6.07) is 0. The van der Waals surface area contributed by atoms with E-state index in [1.54, 1.807) is 53.6 Å². The Bertz CT molecular complexity index is 611. The molecule has 0 aromatic heterocycles. The lowest BCUT2D eigenvalue weighted by atomic mass is 9.72. The number of hydrogen-bond acceptors (Lipinski definition) is 4. The highest BCUT2D eigenvalue weighted by Crippen LogP contribution is 2.43. The zero-order valence-electron chi connectivity index (χ0n) is 15.7. The van der Waals surface area contributed by atoms with Gasteiger partial charge in [0.05, 0.1) is 23.1 Å². The summed E-state index contributed by atoms with van der Waals surface area (Å²) in [5, 5.41) is 2.91. The van der Waals surface area contributed by atoms with Gasteiger partial charge >= 0.3 is 13.3 Å². The minimum absolute atomic E-state index is 0.0799. The van der Waals surface area contributed by atoms with E-state index in [2.05, 4.69) is 10.3 Å². The summed E-state index contributed by atoms with van der Waals surface area (Å²) in [5.41, 5.74) is -3.53. The molecule has 1 unspecified atom stereocenters. The quantitative estimate of drug-likeness (QED) is 0.478. The Kier molecular flexibility index (Phi) is 4.80. The van der Waals surface area contributed by atoms with E-state index in [1.807, 2.05) is 0 Å². The molecule has 0 aromatic carbocycles. The molecule has 140 valence electrons. The Balaban J connectivity index is 2.38. The number of hydrogen-bond donors (Lipinski definition) is 1. The molecule has 0 amide bonds. The van der Waals surface area contributed by atoms with Gasteiger partial charge in [0.25, 0.3) is 0 Å². The van der Waals surface area contributed by atoms with E-state index in [1.165, 1.54) is 12.5 Å². The van der Waals surface area contributed by atoms with Crippen LogP contribution in [0.3, 0.4) is 0 Å². The summed E-state index contributed by atoms with van der Waals surface area (Å²) >= 11 is 0. The fourth-order valence-corrected chi connectivity index (χ4v) is 2.43. The van der Waals surface area contributed by atoms with Crippen LogP contribution in [0.25, 0.3) is 0 Å². The highest BCUT2D eigenvalue weighted by atomic mass is 19.4. The summed E-state index contributed by atoms with van der Waals surface area (Å²) < 4.78 is 52.5. The van der Waals surface area contributed by atoms with E-state index >= 15 is 0 Å². The largest absolute Gasteiger partial charge is 0.496 e. The van der Waals surface area contributed by atoms with Gasteiger partial charge in [0.15, 0.2) is 0 Å². The van der Waals surface area contributed by atoms with Crippen LogP contribution in [0.2, 0.25) is 0 Å². The van der Waals surface area contributed by atoms with Crippen molar-refractivity contribution in [3.63, 3.8) is 0 Å². The van der Waals surface area contributed by atoms with Crippen molar-refractivity contribution < 1.29 is 22.5 Å². The first-order valence-corrected chi connectivity index (χ1v) is 8.02. The fourth-order valence-electron chi connectivity index (χ4n) is 2.43. The Hall–Kier alpha value is -1.48. The van der Waals surface area contributed by atoms with Crippen molar-refractivity contribution in [2.75, 3.05) is 14.1 Å². The van der Waals surface area contributed by atoms with Gasteiger partial charge in [-0.15, -0.1) is 0 Å². The molecule has 0 aliphatic carbocycles. The molecular weight excluding hydrogens is 334 g/mol. The van der Waals surface area contributed by atoms with Crippen LogP contribution in [-0.4, -0.2) is 55.5 Å². The Morgan fingerprint density at radius 1 is 1.12 bits per heavy atom. The van der Waals surface area contributed by atoms with Crippen LogP contribution in [0.4, 0.5) is 13.2 Å². The van der Waals surface area contributed by atoms with Crippen molar-refractivity contribution in [3.8, 4) is 0 Å². The SMILES string of the molecule is CN(C)C=NC1(C)C=C(C(F)(F)F)C(B2OC(C)(C)C(C)(C)O2)=CN1. The van der Waals surface area contributed by atoms with Crippen LogP contribution in [0, 0.1) is 0 Å². The Labute approximate surface area is 147 Å². The van der Waals surface area contributed by atoms with Crippen molar-refractivity contribution in [3.05, 3.63) is 23.3 Å². The lowest BCUT2D eigenvalue weighted by molar-refractivity contribution is -0.0900. The number of dihydropyridines is 1. The van der Waals surface area contributed by atoms with Crippen molar-refractivity contribution in [1.29, 1.82) is 0 Å². The summed E-state index contributed by atoms with van der Waals surface area (Å²) in [5.74, 6) is 0. The maximum atomic E-state index is 13.7. The van der Waals surface area contributed by atoms with Gasteiger partial charge in [0.1, 0.15) is 5.66 Å². The predicted molar refractivity (Wildman–Crippen MR) is 92.0 cm³/mol. The van der Waals surface area contributed by atoms with Crippen molar-refractivity contribution >= 4 is 13.5 Å². The number of allylic oxidation sites excluding steroid dienone is 2. The number of aliphatic imine (C=N–C) groups is 1. The lowest BCUT2D eigenvalue weighted by Crippen LogP contribution is -2.43. The number of alkyl halides is 3. The van der Waals surface area contributed by atoms with Crippen molar-refractivity contribution in [1.82, 2.24) is 10.2 Å². The molecule has 0 bridgehead atoms. The van der Waals surface area contributed by atoms with Gasteiger partial charge in [-0.1, -0.05) is 0 Å². The standard InChI is InChI=1S/C16H25BF3N3O2/c1-13(2)14(3,4)25-17(24-13)12-9-21-15(5,22-10-23(6)7)8-11(12)16(18,19)20/h8-10,21H,1-7H3. The summed E-state index contributed by atoms with van der Waals surface area (Å²) in [6.45, 7) is 8.76. The van der Waals surface area contributed by atoms with Crippen LogP contribution in [-0.2, 0) is 9.31 Å². The van der Waals surface area contributed by atoms with E-state index < -0.39 is 35.7 Å². The van der Waals surface area contributed by atoms with E-state index in [0.29, 0.717) is 0 Å². The van der Waals surface area contributed by atoms with Gasteiger partial charge in [-0.25, -0.2) is 4.99 Å². The Morgan fingerprint density at radius 3 is 2.08 bits per heavy atom. The number of rotatable bonds is 3. The monoisotopic (exact) mass is 359 g/mol. The molecule has 1 fully saturated rings. The van der Waals surface area contributed by atoms with E-state index in [-0.39, 0.29) is 5.47 Å². The minimum Gasteiger partial charge on any atom is -0.399 e. The zero-order valence-corrected chi connectivity index (χ0v) is 15.7. The van der Waals surface area contributed by atoms with Crippen LogP contribution in [0.5, 0.6) is 0 Å². The van der Waals surface area contributed by atoms with Gasteiger partial charge in [-0.2, -0.15) is 13.2 Å². The number of halogens is 3. The molecule has 1 saturated heterocycles.